The van der Waals surface area contributed by atoms with Crippen LogP contribution in [0.2, 0.25) is 0 Å². The van der Waals surface area contributed by atoms with Gasteiger partial charge in [0.25, 0.3) is 0 Å². The molecule has 36 rings (SSSR count). The molecule has 2 spiro atoms. The van der Waals surface area contributed by atoms with E-state index in [1.807, 2.05) is 0 Å². The Labute approximate surface area is 494 Å². The molecule has 0 bridgehead atoms. The lowest BCUT2D eigenvalue weighted by Crippen LogP contribution is -2.57. The number of ether oxygens (including phenoxy) is 1. The zero-order valence-electron chi connectivity index (χ0n) is 47.3. The largest absolute Gasteiger partial charge is 0.457 e. The molecule has 0 aliphatic heterocycles. The zero-order valence-corrected chi connectivity index (χ0v) is 47.3. The Kier molecular flexibility index (Phi) is 4.00. The lowest BCUT2D eigenvalue weighted by Gasteiger charge is -2.60. The van der Waals surface area contributed by atoms with E-state index in [0.29, 0.717) is 0 Å². The van der Waals surface area contributed by atoms with Gasteiger partial charge in [-0.3, -0.25) is 0 Å². The van der Waals surface area contributed by atoms with Crippen LogP contribution in [0.15, 0.2) is 66.3 Å². The highest BCUT2D eigenvalue weighted by Crippen LogP contribution is 2.86. The fourth-order valence-electron chi connectivity index (χ4n) is 28.9. The van der Waals surface area contributed by atoms with Crippen LogP contribution in [0.5, 0.6) is 0 Å². The molecule has 89 heavy (non-hydrogen) atoms. The first-order chi connectivity index (χ1) is 44.0. The van der Waals surface area contributed by atoms with Crippen LogP contribution in [0.25, 0.3) is 291 Å². The summed E-state index contributed by atoms with van der Waals surface area (Å²) in [6.07, 6.45) is 9.23. The van der Waals surface area contributed by atoms with E-state index < -0.39 is 0 Å². The van der Waals surface area contributed by atoms with Crippen molar-refractivity contribution in [3.05, 3.63) is 116 Å². The van der Waals surface area contributed by atoms with Gasteiger partial charge in [-0.15, -0.1) is 0 Å². The molecule has 0 heterocycles. The van der Waals surface area contributed by atoms with Crippen LogP contribution in [-0.4, -0.2) is 5.97 Å². The molecular formula is C86H29NO2. The number of nitrogens with one attached hydrogen (secondary N) is 1. The maximum absolute atomic E-state index is 14.9. The van der Waals surface area contributed by atoms with Crippen LogP contribution in [0, 0.1) is 25.7 Å². The van der Waals surface area contributed by atoms with Gasteiger partial charge in [-0.05, 0) is 368 Å². The Hall–Kier alpha value is -10.2. The van der Waals surface area contributed by atoms with Crippen molar-refractivity contribution >= 4 is 297 Å². The number of carbonyl (C=O) groups excluding carboxylic acids is 1. The van der Waals surface area contributed by atoms with Gasteiger partial charge in [0.1, 0.15) is 6.61 Å². The molecule has 390 valence electrons. The monoisotopic (exact) mass is 1110 g/mol. The van der Waals surface area contributed by atoms with Crippen LogP contribution in [0.3, 0.4) is 0 Å². The summed E-state index contributed by atoms with van der Waals surface area (Å²) in [6.45, 7) is 6.21. The van der Waals surface area contributed by atoms with Crippen LogP contribution in [-0.2, 0) is 40.1 Å². The summed E-state index contributed by atoms with van der Waals surface area (Å²) in [5, 5.41) is 92.4. The van der Waals surface area contributed by atoms with E-state index >= 15 is 0 Å². The summed E-state index contributed by atoms with van der Waals surface area (Å²) in [5.41, 5.74) is 13.2. The van der Waals surface area contributed by atoms with Crippen molar-refractivity contribution < 1.29 is 9.53 Å². The van der Waals surface area contributed by atoms with E-state index in [0.717, 1.165) is 37.1 Å². The summed E-state index contributed by atoms with van der Waals surface area (Å²) in [6, 6.07) is 15.4. The number of esters is 1. The summed E-state index contributed by atoms with van der Waals surface area (Å²) in [4.78, 5) is 14.9. The van der Waals surface area contributed by atoms with Gasteiger partial charge in [0.2, 0.25) is 0 Å². The fraction of sp³-hybridized carbons (Fsp3) is 0.128. The van der Waals surface area contributed by atoms with Crippen molar-refractivity contribution in [2.24, 2.45) is 11.8 Å². The molecular weight excluding hydrogens is 1080 g/mol. The Morgan fingerprint density at radius 3 is 0.910 bits per heavy atom. The smallest absolute Gasteiger partial charge is 0.338 e. The Balaban J connectivity index is 0.725. The SMILES string of the molecule is Cc1cc(C)cc(CNCc2ccc(COC(=O)C3=CC4CC56c7c8c9c%10c%11c%12c(c%13c%14c5c5c7c7c%15c8c8c9c9c%11c%11c%16c%12c%12c%13c%13c%14c%14c5c5c7c7c%15c%15c8c8c9c%11c9c%11c%16c%12c%12c%13c%13c%14c5c5c7c7c%15c8c9c8c%11c%12c%13c5c78)C%106CC4C=C3)cc2)c1. The van der Waals surface area contributed by atoms with E-state index in [1.54, 1.807) is 313 Å². The predicted octanol–water partition coefficient (Wildman–Crippen LogP) is 21.5. The number of benzene rings is 20. The van der Waals surface area contributed by atoms with E-state index in [4.69, 9.17) is 4.74 Å². The van der Waals surface area contributed by atoms with E-state index in [9.17, 15) is 4.79 Å². The normalized spacial score (nSPS) is 22.5. The van der Waals surface area contributed by atoms with Crippen molar-refractivity contribution in [3.8, 4) is 0 Å². The number of hydrogen-bond acceptors (Lipinski definition) is 3. The molecule has 1 N–H and O–H groups in total. The second-order valence-electron chi connectivity index (χ2n) is 31.8. The summed E-state index contributed by atoms with van der Waals surface area (Å²) >= 11 is 0. The minimum absolute atomic E-state index is 0.160. The molecule has 0 amide bonds. The number of aryl methyl sites for hydroxylation is 2. The molecule has 0 saturated heterocycles. The molecule has 1 saturated carbocycles. The van der Waals surface area contributed by atoms with Gasteiger partial charge in [-0.25, -0.2) is 4.79 Å². The second-order valence-corrected chi connectivity index (χ2v) is 31.8. The van der Waals surface area contributed by atoms with Gasteiger partial charge in [-0.2, -0.15) is 0 Å². The molecule has 30 aromatic rings. The molecule has 2 atom stereocenters. The predicted molar refractivity (Wildman–Crippen MR) is 370 cm³/mol. The van der Waals surface area contributed by atoms with Crippen LogP contribution in [0.1, 0.15) is 62.9 Å². The maximum atomic E-state index is 14.9. The average molecular weight is 1110 g/mol. The van der Waals surface area contributed by atoms with Gasteiger partial charge in [0, 0.05) is 23.9 Å². The van der Waals surface area contributed by atoms with Crippen LogP contribution < -0.4 is 5.32 Å². The molecule has 0 aromatic heterocycles. The number of fused-ring (bicyclic) bond motifs is 1. The third-order valence-corrected chi connectivity index (χ3v) is 29.8. The lowest BCUT2D eigenvalue weighted by atomic mass is 9.41. The zero-order chi connectivity index (χ0) is 54.7. The van der Waals surface area contributed by atoms with E-state index in [-0.39, 0.29) is 35.2 Å². The van der Waals surface area contributed by atoms with Crippen molar-refractivity contribution in [2.45, 2.75) is 57.2 Å². The number of hydrogen-bond donors (Lipinski definition) is 1. The fourth-order valence-corrected chi connectivity index (χ4v) is 28.9. The quantitative estimate of drug-likeness (QED) is 0.128. The number of carbonyl (C=O) groups is 1. The second kappa shape index (κ2) is 9.50. The topological polar surface area (TPSA) is 38.3 Å². The van der Waals surface area contributed by atoms with E-state index in [2.05, 4.69) is 79.9 Å². The third-order valence-electron chi connectivity index (χ3n) is 29.8. The maximum Gasteiger partial charge on any atom is 0.338 e. The Bertz CT molecular complexity index is 8220. The third kappa shape index (κ3) is 2.50. The molecule has 3 nitrogen and oxygen atoms in total. The van der Waals surface area contributed by atoms with E-state index in [1.165, 1.54) is 22.3 Å². The van der Waals surface area contributed by atoms with Gasteiger partial charge in [-0.1, -0.05) is 71.8 Å². The molecule has 30 aromatic carbocycles. The van der Waals surface area contributed by atoms with Crippen LogP contribution >= 0.6 is 0 Å². The first-order valence-corrected chi connectivity index (χ1v) is 33.2. The standard InChI is InChI=1S/C86H29NO2/c1-18-9-19(2)11-22(10-18)16-87-15-20-3-5-21(6-4-20)17-89-84(88)23-7-8-24-13-85-80-72-64-54-44-36-28-26-27-30-34-32(28)40-48-42(34)52-46-38(30)39-31(27)35-33-29(26)37(36)45-51-41(33)49-43(35)53-47(39)57-56(46)66-60(52)70-62(48)68(58(64)50(40)44)76(80)78(70)82-74(66)75-67(57)61(53)71-63(49)69-59(51)65(55(45)54)73(72)81(85)77(69)79(71)83(75)86(82,85)14-25(24)12-23/h3-12,24-25,87H,13-17H2,1-2H3. The number of rotatable bonds is 7. The molecule has 6 aliphatic carbocycles. The van der Waals surface area contributed by atoms with Gasteiger partial charge >= 0.3 is 5.97 Å². The first kappa shape index (κ1) is 37.5. The minimum Gasteiger partial charge on any atom is -0.457 e. The molecule has 1 fully saturated rings. The highest BCUT2D eigenvalue weighted by atomic mass is 16.5. The van der Waals surface area contributed by atoms with Crippen molar-refractivity contribution in [2.75, 3.05) is 0 Å². The van der Waals surface area contributed by atoms with Crippen molar-refractivity contribution in [1.29, 1.82) is 0 Å². The van der Waals surface area contributed by atoms with Crippen molar-refractivity contribution in [3.63, 3.8) is 0 Å². The number of allylic oxidation sites excluding steroid dienone is 2. The summed E-state index contributed by atoms with van der Waals surface area (Å²) < 4.78 is 6.42. The Morgan fingerprint density at radius 1 is 0.348 bits per heavy atom. The molecule has 6 aliphatic rings. The van der Waals surface area contributed by atoms with Gasteiger partial charge < -0.3 is 10.1 Å². The molecule has 3 heteroatoms. The highest BCUT2D eigenvalue weighted by Gasteiger charge is 2.72. The van der Waals surface area contributed by atoms with Crippen LogP contribution in [0.4, 0.5) is 0 Å². The summed E-state index contributed by atoms with van der Waals surface area (Å²) in [7, 11) is 0. The minimum atomic E-state index is -0.341. The van der Waals surface area contributed by atoms with Crippen molar-refractivity contribution in [1.82, 2.24) is 5.32 Å². The Morgan fingerprint density at radius 2 is 0.607 bits per heavy atom. The highest BCUT2D eigenvalue weighted by molar-refractivity contribution is 6.82. The first-order valence-electron chi connectivity index (χ1n) is 33.2. The van der Waals surface area contributed by atoms with Gasteiger partial charge in [0.05, 0.1) is 5.57 Å². The lowest BCUT2D eigenvalue weighted by molar-refractivity contribution is -0.140. The summed E-state index contributed by atoms with van der Waals surface area (Å²) in [5.74, 6) is 0.225. The van der Waals surface area contributed by atoms with Gasteiger partial charge in [0.15, 0.2) is 0 Å². The molecule has 2 unspecified atom stereocenters. The molecule has 0 radical (unpaired) electrons. The average Bonchev–Trinajstić information content (AvgIpc) is 1.38.